The quantitative estimate of drug-likeness (QED) is 0.414. The van der Waals surface area contributed by atoms with Crippen molar-refractivity contribution in [2.45, 2.75) is 13.0 Å². The summed E-state index contributed by atoms with van der Waals surface area (Å²) in [5.74, 6) is -1.00. The number of pyridine rings is 1. The zero-order valence-electron chi connectivity index (χ0n) is 18.5. The maximum absolute atomic E-state index is 13.1. The lowest BCUT2D eigenvalue weighted by molar-refractivity contribution is -0.129. The molecule has 5 rings (SSSR count). The van der Waals surface area contributed by atoms with Crippen LogP contribution in [0.15, 0.2) is 77.4 Å². The summed E-state index contributed by atoms with van der Waals surface area (Å²) in [6, 6.07) is 19.7. The maximum atomic E-state index is 13.1. The van der Waals surface area contributed by atoms with Gasteiger partial charge in [-0.25, -0.2) is 4.98 Å². The minimum absolute atomic E-state index is 0.0667. The monoisotopic (exact) mass is 488 g/mol. The number of hydrogen-bond acceptors (Lipinski definition) is 5. The molecule has 0 spiro atoms. The molecule has 4 aromatic rings. The van der Waals surface area contributed by atoms with Crippen LogP contribution >= 0.6 is 11.6 Å². The lowest BCUT2D eigenvalue weighted by Gasteiger charge is -2.15. The van der Waals surface area contributed by atoms with Gasteiger partial charge in [-0.2, -0.15) is 0 Å². The van der Waals surface area contributed by atoms with E-state index in [1.54, 1.807) is 35.2 Å². The van der Waals surface area contributed by atoms with Gasteiger partial charge in [0.05, 0.1) is 35.5 Å². The second-order valence-corrected chi connectivity index (χ2v) is 8.66. The van der Waals surface area contributed by atoms with Gasteiger partial charge in [0.1, 0.15) is 5.76 Å². The summed E-state index contributed by atoms with van der Waals surface area (Å²) in [5.41, 5.74) is 7.16. The molecule has 1 saturated heterocycles. The van der Waals surface area contributed by atoms with Crippen molar-refractivity contribution in [1.82, 2.24) is 20.7 Å². The smallest absolute Gasteiger partial charge is 0.270 e. The Morgan fingerprint density at radius 1 is 1.06 bits per heavy atom. The number of nitrogens with zero attached hydrogens (tertiary/aromatic N) is 2. The van der Waals surface area contributed by atoms with Crippen LogP contribution in [-0.4, -0.2) is 34.2 Å². The number of halogens is 1. The van der Waals surface area contributed by atoms with E-state index in [2.05, 4.69) is 15.8 Å². The standard InChI is InChI=1S/C26H21ClN4O4/c27-21-9-3-1-8-19(21)23-13-20(18-7-2-4-10-22(18)28-23)26(34)30-29-25(33)16-12-24(32)31(14-16)15-17-6-5-11-35-17/h1-11,13,16H,12,14-15H2,(H,29,33)(H,30,34). The summed E-state index contributed by atoms with van der Waals surface area (Å²) in [6.07, 6.45) is 1.60. The normalized spacial score (nSPS) is 15.4. The highest BCUT2D eigenvalue weighted by molar-refractivity contribution is 6.33. The molecule has 0 bridgehead atoms. The summed E-state index contributed by atoms with van der Waals surface area (Å²) in [6.45, 7) is 0.547. The second kappa shape index (κ2) is 9.60. The molecule has 2 aromatic heterocycles. The average molecular weight is 489 g/mol. The molecule has 1 aliphatic heterocycles. The fraction of sp³-hybridized carbons (Fsp3) is 0.154. The SMILES string of the molecule is O=C(NNC(=O)C1CC(=O)N(Cc2ccco2)C1)c1cc(-c2ccccc2Cl)nc2ccccc12. The van der Waals surface area contributed by atoms with Crippen LogP contribution in [0, 0.1) is 5.92 Å². The van der Waals surface area contributed by atoms with Crippen molar-refractivity contribution >= 4 is 40.2 Å². The molecule has 2 N–H and O–H groups in total. The van der Waals surface area contributed by atoms with Gasteiger partial charge in [0.25, 0.3) is 5.91 Å². The van der Waals surface area contributed by atoms with Gasteiger partial charge < -0.3 is 9.32 Å². The van der Waals surface area contributed by atoms with Crippen LogP contribution < -0.4 is 10.9 Å². The molecule has 1 fully saturated rings. The summed E-state index contributed by atoms with van der Waals surface area (Å²) >= 11 is 6.35. The molecule has 35 heavy (non-hydrogen) atoms. The minimum Gasteiger partial charge on any atom is -0.467 e. The van der Waals surface area contributed by atoms with Crippen LogP contribution in [0.5, 0.6) is 0 Å². The van der Waals surface area contributed by atoms with Crippen molar-refractivity contribution in [3.63, 3.8) is 0 Å². The van der Waals surface area contributed by atoms with E-state index < -0.39 is 17.7 Å². The Bertz CT molecular complexity index is 1420. The highest BCUT2D eigenvalue weighted by atomic mass is 35.5. The first-order valence-corrected chi connectivity index (χ1v) is 11.4. The minimum atomic E-state index is -0.578. The third-order valence-corrected chi connectivity index (χ3v) is 6.25. The van der Waals surface area contributed by atoms with E-state index in [-0.39, 0.29) is 18.9 Å². The zero-order chi connectivity index (χ0) is 24.4. The molecular formula is C26H21ClN4O4. The van der Waals surface area contributed by atoms with Crippen molar-refractivity contribution in [3.8, 4) is 11.3 Å². The van der Waals surface area contributed by atoms with E-state index in [0.717, 1.165) is 0 Å². The number of nitrogens with one attached hydrogen (secondary N) is 2. The predicted octanol–water partition coefficient (Wildman–Crippen LogP) is 3.96. The number of hydrazine groups is 1. The Morgan fingerprint density at radius 2 is 1.86 bits per heavy atom. The van der Waals surface area contributed by atoms with Gasteiger partial charge in [0.15, 0.2) is 0 Å². The van der Waals surface area contributed by atoms with Crippen molar-refractivity contribution in [1.29, 1.82) is 0 Å². The van der Waals surface area contributed by atoms with Crippen LogP contribution in [0.1, 0.15) is 22.5 Å². The molecular weight excluding hydrogens is 468 g/mol. The molecule has 1 aliphatic rings. The van der Waals surface area contributed by atoms with Crippen molar-refractivity contribution in [2.24, 2.45) is 5.92 Å². The number of rotatable bonds is 5. The van der Waals surface area contributed by atoms with Gasteiger partial charge in [0, 0.05) is 28.9 Å². The lowest BCUT2D eigenvalue weighted by atomic mass is 10.0. The molecule has 1 unspecified atom stereocenters. The molecule has 8 nitrogen and oxygen atoms in total. The van der Waals surface area contributed by atoms with E-state index in [9.17, 15) is 14.4 Å². The van der Waals surface area contributed by atoms with E-state index in [4.69, 9.17) is 16.0 Å². The number of carbonyl (C=O) groups is 3. The Kier molecular flexibility index (Phi) is 6.20. The van der Waals surface area contributed by atoms with E-state index >= 15 is 0 Å². The molecule has 2 aromatic carbocycles. The third-order valence-electron chi connectivity index (χ3n) is 5.92. The molecule has 0 saturated carbocycles. The number of furan rings is 1. The van der Waals surface area contributed by atoms with Crippen molar-refractivity contribution in [3.05, 3.63) is 89.3 Å². The molecule has 3 heterocycles. The highest BCUT2D eigenvalue weighted by Gasteiger charge is 2.35. The topological polar surface area (TPSA) is 105 Å². The fourth-order valence-corrected chi connectivity index (χ4v) is 4.38. The molecule has 1 atom stereocenters. The summed E-state index contributed by atoms with van der Waals surface area (Å²) < 4.78 is 5.29. The van der Waals surface area contributed by atoms with Crippen LogP contribution in [0.4, 0.5) is 0 Å². The number of carbonyl (C=O) groups excluding carboxylic acids is 3. The number of likely N-dealkylation sites (tertiary alicyclic amines) is 1. The summed E-state index contributed by atoms with van der Waals surface area (Å²) in [5, 5.41) is 1.15. The van der Waals surface area contributed by atoms with Gasteiger partial charge in [-0.15, -0.1) is 0 Å². The number of para-hydroxylation sites is 1. The molecule has 3 amide bonds. The van der Waals surface area contributed by atoms with E-state index in [1.807, 2.05) is 36.4 Å². The van der Waals surface area contributed by atoms with E-state index in [0.29, 0.717) is 45.1 Å². The highest BCUT2D eigenvalue weighted by Crippen LogP contribution is 2.29. The molecule has 176 valence electrons. The van der Waals surface area contributed by atoms with Gasteiger partial charge >= 0.3 is 0 Å². The van der Waals surface area contributed by atoms with Gasteiger partial charge in [-0.3, -0.25) is 25.2 Å². The molecule has 0 aliphatic carbocycles. The largest absolute Gasteiger partial charge is 0.467 e. The first-order chi connectivity index (χ1) is 17.0. The summed E-state index contributed by atoms with van der Waals surface area (Å²) in [7, 11) is 0. The number of fused-ring (bicyclic) bond motifs is 1. The fourth-order valence-electron chi connectivity index (χ4n) is 4.15. The van der Waals surface area contributed by atoms with Crippen LogP contribution in [-0.2, 0) is 16.1 Å². The van der Waals surface area contributed by atoms with Crippen LogP contribution in [0.2, 0.25) is 5.02 Å². The Labute approximate surface area is 205 Å². The Hall–Kier alpha value is -4.17. The van der Waals surface area contributed by atoms with Gasteiger partial charge in [0.2, 0.25) is 11.8 Å². The summed E-state index contributed by atoms with van der Waals surface area (Å²) in [4.78, 5) is 44.4. The lowest BCUT2D eigenvalue weighted by Crippen LogP contribution is -2.45. The second-order valence-electron chi connectivity index (χ2n) is 8.25. The Morgan fingerprint density at radius 3 is 2.66 bits per heavy atom. The first kappa shape index (κ1) is 22.6. The Balaban J connectivity index is 1.31. The average Bonchev–Trinajstić information content (AvgIpc) is 3.52. The molecule has 0 radical (unpaired) electrons. The van der Waals surface area contributed by atoms with Crippen LogP contribution in [0.3, 0.4) is 0 Å². The van der Waals surface area contributed by atoms with Crippen molar-refractivity contribution < 1.29 is 18.8 Å². The van der Waals surface area contributed by atoms with Gasteiger partial charge in [-0.05, 0) is 30.3 Å². The zero-order valence-corrected chi connectivity index (χ0v) is 19.3. The first-order valence-electron chi connectivity index (χ1n) is 11.0. The van der Waals surface area contributed by atoms with E-state index in [1.165, 1.54) is 6.26 Å². The predicted molar refractivity (Wildman–Crippen MR) is 130 cm³/mol. The van der Waals surface area contributed by atoms with Crippen LogP contribution in [0.25, 0.3) is 22.2 Å². The van der Waals surface area contributed by atoms with Gasteiger partial charge in [-0.1, -0.05) is 48.0 Å². The number of aromatic nitrogens is 1. The number of benzene rings is 2. The number of amides is 3. The molecule has 9 heteroatoms. The number of hydrogen-bond donors (Lipinski definition) is 2. The third kappa shape index (κ3) is 4.74. The van der Waals surface area contributed by atoms with Crippen molar-refractivity contribution in [2.75, 3.05) is 6.54 Å². The maximum Gasteiger partial charge on any atom is 0.270 e.